The monoisotopic (exact) mass is 1070 g/mol. The normalized spacial score (nSPS) is 12.6. The van der Waals surface area contributed by atoms with Crippen molar-refractivity contribution in [3.8, 4) is 0 Å². The molecule has 0 aromatic rings. The van der Waals surface area contributed by atoms with Crippen LogP contribution in [-0.4, -0.2) is 37.2 Å². The molecule has 0 aromatic carbocycles. The van der Waals surface area contributed by atoms with Crippen LogP contribution in [0.2, 0.25) is 0 Å². The van der Waals surface area contributed by atoms with E-state index < -0.39 is 6.10 Å². The highest BCUT2D eigenvalue weighted by Crippen LogP contribution is 2.17. The topological polar surface area (TPSA) is 78.9 Å². The molecular formula is C71H124O6. The van der Waals surface area contributed by atoms with E-state index >= 15 is 0 Å². The van der Waals surface area contributed by atoms with E-state index in [0.717, 1.165) is 103 Å². The summed E-state index contributed by atoms with van der Waals surface area (Å²) in [5.74, 6) is -0.909. The van der Waals surface area contributed by atoms with E-state index in [2.05, 4.69) is 106 Å². The highest BCUT2D eigenvalue weighted by Gasteiger charge is 2.19. The van der Waals surface area contributed by atoms with Crippen molar-refractivity contribution < 1.29 is 28.6 Å². The SMILES string of the molecule is CC/C=C\C/C=C\C/C=C\C/C=C\C/C=C\CCCCCC(=O)OC(COC(=O)CCCCCCCCCCC)COC(=O)CCCCCCCCCCCCCCCCCCCCC/C=C\C/C=C\CCCCCCC. The van der Waals surface area contributed by atoms with E-state index in [9.17, 15) is 14.4 Å². The van der Waals surface area contributed by atoms with Gasteiger partial charge in [-0.2, -0.15) is 0 Å². The Labute approximate surface area is 477 Å². The molecule has 0 saturated carbocycles. The molecule has 0 spiro atoms. The zero-order valence-corrected chi connectivity index (χ0v) is 51.0. The standard InChI is InChI=1S/C71H124O6/c1-4-7-10-13-16-19-21-23-25-27-29-30-31-32-33-34-35-36-37-38-39-40-42-43-45-47-49-52-55-58-61-64-70(73)76-67-68(66-75-69(72)63-60-57-54-51-18-15-12-9-6-3)77-71(74)65-62-59-56-53-50-48-46-44-41-28-26-24-22-20-17-14-11-8-5-2/h8,11,17,20-21,23-24,26-27,29,41,44,48,50,68H,4-7,9-10,12-16,18-19,22,25,28,30-40,42-43,45-47,49,51-67H2,1-3H3/b11-8-,20-17-,23-21-,26-24-,29-27-,44-41-,50-48-. The molecule has 0 rings (SSSR count). The van der Waals surface area contributed by atoms with Crippen LogP contribution in [0.4, 0.5) is 0 Å². The van der Waals surface area contributed by atoms with Crippen LogP contribution in [0.3, 0.4) is 0 Å². The Kier molecular flexibility index (Phi) is 62.2. The van der Waals surface area contributed by atoms with Gasteiger partial charge in [-0.1, -0.05) is 298 Å². The number of ether oxygens (including phenoxy) is 3. The van der Waals surface area contributed by atoms with E-state index in [-0.39, 0.29) is 31.1 Å². The molecule has 0 heterocycles. The van der Waals surface area contributed by atoms with Crippen molar-refractivity contribution in [1.29, 1.82) is 0 Å². The van der Waals surface area contributed by atoms with Gasteiger partial charge in [0.05, 0.1) is 0 Å². The average Bonchev–Trinajstić information content (AvgIpc) is 3.43. The summed E-state index contributed by atoms with van der Waals surface area (Å²) >= 11 is 0. The van der Waals surface area contributed by atoms with E-state index in [0.29, 0.717) is 19.3 Å². The van der Waals surface area contributed by atoms with Gasteiger partial charge in [0.25, 0.3) is 0 Å². The predicted octanol–water partition coefficient (Wildman–Crippen LogP) is 22.7. The van der Waals surface area contributed by atoms with Crippen LogP contribution in [0.5, 0.6) is 0 Å². The van der Waals surface area contributed by atoms with Crippen molar-refractivity contribution >= 4 is 17.9 Å². The van der Waals surface area contributed by atoms with Gasteiger partial charge in [-0.25, -0.2) is 0 Å². The Morgan fingerprint density at radius 2 is 0.506 bits per heavy atom. The zero-order valence-electron chi connectivity index (χ0n) is 51.0. The Bertz CT molecular complexity index is 1470. The molecule has 0 aliphatic rings. The third-order valence-corrected chi connectivity index (χ3v) is 14.4. The fraction of sp³-hybridized carbons (Fsp3) is 0.761. The summed E-state index contributed by atoms with van der Waals surface area (Å²) in [6, 6.07) is 0. The molecule has 1 unspecified atom stereocenters. The molecule has 0 aromatic heterocycles. The summed E-state index contributed by atoms with van der Waals surface area (Å²) < 4.78 is 16.9. The first-order chi connectivity index (χ1) is 38.0. The lowest BCUT2D eigenvalue weighted by molar-refractivity contribution is -0.167. The van der Waals surface area contributed by atoms with Gasteiger partial charge in [-0.05, 0) is 96.3 Å². The Morgan fingerprint density at radius 1 is 0.273 bits per heavy atom. The molecule has 444 valence electrons. The van der Waals surface area contributed by atoms with Crippen LogP contribution in [0, 0.1) is 0 Å². The van der Waals surface area contributed by atoms with Crippen LogP contribution in [0.25, 0.3) is 0 Å². The van der Waals surface area contributed by atoms with Gasteiger partial charge in [0.1, 0.15) is 13.2 Å². The fourth-order valence-electron chi connectivity index (χ4n) is 9.44. The Hall–Kier alpha value is -3.41. The van der Waals surface area contributed by atoms with Gasteiger partial charge in [0.2, 0.25) is 0 Å². The number of hydrogen-bond acceptors (Lipinski definition) is 6. The van der Waals surface area contributed by atoms with Gasteiger partial charge in [0, 0.05) is 19.3 Å². The number of rotatable bonds is 60. The molecule has 0 saturated heterocycles. The summed E-state index contributed by atoms with van der Waals surface area (Å²) in [6.45, 7) is 6.50. The number of allylic oxidation sites excluding steroid dienone is 14. The maximum absolute atomic E-state index is 12.9. The van der Waals surface area contributed by atoms with Crippen molar-refractivity contribution in [1.82, 2.24) is 0 Å². The molecular weight excluding hydrogens is 949 g/mol. The second-order valence-corrected chi connectivity index (χ2v) is 22.0. The smallest absolute Gasteiger partial charge is 0.306 e. The summed E-state index contributed by atoms with van der Waals surface area (Å²) in [7, 11) is 0. The molecule has 0 bridgehead atoms. The third kappa shape index (κ3) is 63.3. The Balaban J connectivity index is 4.14. The van der Waals surface area contributed by atoms with Crippen LogP contribution in [0.15, 0.2) is 85.1 Å². The second-order valence-electron chi connectivity index (χ2n) is 22.0. The molecule has 6 nitrogen and oxygen atoms in total. The number of esters is 3. The highest BCUT2D eigenvalue weighted by molar-refractivity contribution is 5.71. The minimum absolute atomic E-state index is 0.0865. The lowest BCUT2D eigenvalue weighted by Gasteiger charge is -2.18. The lowest BCUT2D eigenvalue weighted by Crippen LogP contribution is -2.30. The molecule has 0 amide bonds. The predicted molar refractivity (Wildman–Crippen MR) is 334 cm³/mol. The second kappa shape index (κ2) is 65.1. The molecule has 1 atom stereocenters. The van der Waals surface area contributed by atoms with E-state index in [1.807, 2.05) is 0 Å². The maximum Gasteiger partial charge on any atom is 0.306 e. The maximum atomic E-state index is 12.9. The molecule has 77 heavy (non-hydrogen) atoms. The van der Waals surface area contributed by atoms with Crippen LogP contribution >= 0.6 is 0 Å². The van der Waals surface area contributed by atoms with Gasteiger partial charge in [-0.15, -0.1) is 0 Å². The third-order valence-electron chi connectivity index (χ3n) is 14.4. The van der Waals surface area contributed by atoms with Crippen LogP contribution < -0.4 is 0 Å². The Morgan fingerprint density at radius 3 is 0.805 bits per heavy atom. The summed E-state index contributed by atoms with van der Waals surface area (Å²) in [6.07, 6.45) is 86.2. The van der Waals surface area contributed by atoms with Crippen molar-refractivity contribution in [2.24, 2.45) is 0 Å². The van der Waals surface area contributed by atoms with Crippen LogP contribution in [0.1, 0.15) is 329 Å². The molecule has 0 fully saturated rings. The minimum atomic E-state index is -0.791. The van der Waals surface area contributed by atoms with Crippen molar-refractivity contribution in [3.05, 3.63) is 85.1 Å². The van der Waals surface area contributed by atoms with Gasteiger partial charge in [-0.3, -0.25) is 14.4 Å². The molecule has 0 aliphatic heterocycles. The average molecular weight is 1070 g/mol. The first-order valence-electron chi connectivity index (χ1n) is 33.1. The van der Waals surface area contributed by atoms with Gasteiger partial charge >= 0.3 is 17.9 Å². The summed E-state index contributed by atoms with van der Waals surface area (Å²) in [4.78, 5) is 38.2. The van der Waals surface area contributed by atoms with Crippen molar-refractivity contribution in [3.63, 3.8) is 0 Å². The molecule has 6 heteroatoms. The van der Waals surface area contributed by atoms with E-state index in [1.165, 1.54) is 186 Å². The first-order valence-corrected chi connectivity index (χ1v) is 33.1. The number of unbranched alkanes of at least 4 members (excludes halogenated alkanes) is 35. The number of carbonyl (C=O) groups is 3. The highest BCUT2D eigenvalue weighted by atomic mass is 16.6. The minimum Gasteiger partial charge on any atom is -0.462 e. The number of carbonyl (C=O) groups excluding carboxylic acids is 3. The lowest BCUT2D eigenvalue weighted by atomic mass is 10.0. The number of hydrogen-bond donors (Lipinski definition) is 0. The van der Waals surface area contributed by atoms with E-state index in [4.69, 9.17) is 14.2 Å². The molecule has 0 radical (unpaired) electrons. The molecule has 0 N–H and O–H groups in total. The van der Waals surface area contributed by atoms with E-state index in [1.54, 1.807) is 0 Å². The summed E-state index contributed by atoms with van der Waals surface area (Å²) in [5.41, 5.74) is 0. The van der Waals surface area contributed by atoms with Gasteiger partial charge < -0.3 is 14.2 Å². The quantitative estimate of drug-likeness (QED) is 0.0261. The van der Waals surface area contributed by atoms with Gasteiger partial charge in [0.15, 0.2) is 6.10 Å². The van der Waals surface area contributed by atoms with Crippen molar-refractivity contribution in [2.45, 2.75) is 335 Å². The zero-order chi connectivity index (χ0) is 55.7. The fourth-order valence-corrected chi connectivity index (χ4v) is 9.44. The summed E-state index contributed by atoms with van der Waals surface area (Å²) in [5, 5.41) is 0. The van der Waals surface area contributed by atoms with Crippen molar-refractivity contribution in [2.75, 3.05) is 13.2 Å². The first kappa shape index (κ1) is 73.6. The largest absolute Gasteiger partial charge is 0.462 e. The molecule has 0 aliphatic carbocycles. The van der Waals surface area contributed by atoms with Crippen LogP contribution in [-0.2, 0) is 28.6 Å².